The van der Waals surface area contributed by atoms with Gasteiger partial charge in [-0.3, -0.25) is 0 Å². The molecule has 1 heterocycles. The molecule has 0 radical (unpaired) electrons. The van der Waals surface area contributed by atoms with Crippen LogP contribution >= 0.6 is 0 Å². The van der Waals surface area contributed by atoms with Crippen LogP contribution in [0.5, 0.6) is 0 Å². The zero-order valence-corrected chi connectivity index (χ0v) is 13.4. The van der Waals surface area contributed by atoms with Gasteiger partial charge in [-0.15, -0.1) is 0 Å². The molecule has 0 spiro atoms. The Bertz CT molecular complexity index is 922. The van der Waals surface area contributed by atoms with Crippen molar-refractivity contribution in [2.24, 2.45) is 0 Å². The summed E-state index contributed by atoms with van der Waals surface area (Å²) in [5, 5.41) is 11.6. The largest absolute Gasteiger partial charge is 0.507 e. The van der Waals surface area contributed by atoms with Gasteiger partial charge in [0.25, 0.3) is 0 Å². The van der Waals surface area contributed by atoms with Crippen molar-refractivity contribution in [1.82, 2.24) is 4.98 Å². The quantitative estimate of drug-likeness (QED) is 0.624. The van der Waals surface area contributed by atoms with Gasteiger partial charge in [0.05, 0.1) is 11.2 Å². The molecule has 1 N–H and O–H groups in total. The second-order valence-electron chi connectivity index (χ2n) is 5.14. The Morgan fingerprint density at radius 1 is 0.826 bits per heavy atom. The topological polar surface area (TPSA) is 33.1 Å². The van der Waals surface area contributed by atoms with Gasteiger partial charge in [-0.2, -0.15) is 0 Å². The number of benzene rings is 2. The number of pyridine rings is 1. The predicted molar refractivity (Wildman–Crippen MR) is 98.0 cm³/mol. The number of para-hydroxylation sites is 1. The van der Waals surface area contributed by atoms with E-state index in [2.05, 4.69) is 11.6 Å². The Morgan fingerprint density at radius 2 is 1.48 bits per heavy atom. The standard InChI is InChI=1S/C19H13NO.C2H6/c1-12-14-7-3-4-8-15(14)19(21)18(12)17-11-10-13-6-2-5-9-16(13)20-17;1-2/h2-11,21H,1H2;1-2H3. The molecule has 2 nitrogen and oxygen atoms in total. The maximum atomic E-state index is 10.5. The van der Waals surface area contributed by atoms with Crippen LogP contribution in [0.4, 0.5) is 0 Å². The molecule has 0 unspecified atom stereocenters. The molecule has 1 aliphatic carbocycles. The smallest absolute Gasteiger partial charge is 0.133 e. The van der Waals surface area contributed by atoms with Crippen LogP contribution in [0.15, 0.2) is 67.2 Å². The van der Waals surface area contributed by atoms with Crippen LogP contribution in [0.25, 0.3) is 27.8 Å². The van der Waals surface area contributed by atoms with Crippen LogP contribution in [0.2, 0.25) is 0 Å². The maximum absolute atomic E-state index is 10.5. The zero-order valence-electron chi connectivity index (χ0n) is 13.4. The van der Waals surface area contributed by atoms with E-state index in [0.29, 0.717) is 0 Å². The minimum Gasteiger partial charge on any atom is -0.507 e. The molecule has 2 aromatic carbocycles. The predicted octanol–water partition coefficient (Wildman–Crippen LogP) is 5.71. The summed E-state index contributed by atoms with van der Waals surface area (Å²) in [4.78, 5) is 4.66. The van der Waals surface area contributed by atoms with E-state index in [1.807, 2.05) is 74.5 Å². The molecular weight excluding hydrogens is 282 g/mol. The summed E-state index contributed by atoms with van der Waals surface area (Å²) in [7, 11) is 0. The molecule has 23 heavy (non-hydrogen) atoms. The van der Waals surface area contributed by atoms with E-state index < -0.39 is 0 Å². The lowest BCUT2D eigenvalue weighted by atomic mass is 10.0. The molecule has 0 atom stereocenters. The van der Waals surface area contributed by atoms with Gasteiger partial charge in [0.15, 0.2) is 0 Å². The number of aliphatic hydroxyl groups excluding tert-OH is 1. The molecular formula is C21H19NO. The van der Waals surface area contributed by atoms with Gasteiger partial charge in [-0.1, -0.05) is 69.0 Å². The Morgan fingerprint density at radius 3 is 2.22 bits per heavy atom. The Hall–Kier alpha value is -2.87. The summed E-state index contributed by atoms with van der Waals surface area (Å²) < 4.78 is 0. The summed E-state index contributed by atoms with van der Waals surface area (Å²) >= 11 is 0. The fraction of sp³-hybridized carbons (Fsp3) is 0.0952. The maximum Gasteiger partial charge on any atom is 0.133 e. The normalized spacial score (nSPS) is 12.9. The SMILES string of the molecule is C=C1C(c2ccc3ccccc3n2)=C(O)c2ccccc21.CC. The number of hydrogen-bond acceptors (Lipinski definition) is 2. The number of hydrogen-bond donors (Lipinski definition) is 1. The third kappa shape index (κ3) is 2.42. The minimum atomic E-state index is 0.262. The first-order valence-electron chi connectivity index (χ1n) is 7.84. The fourth-order valence-corrected chi connectivity index (χ4v) is 2.85. The molecule has 0 aliphatic heterocycles. The van der Waals surface area contributed by atoms with Gasteiger partial charge in [0.1, 0.15) is 5.76 Å². The summed E-state index contributed by atoms with van der Waals surface area (Å²) in [6, 6.07) is 19.7. The lowest BCUT2D eigenvalue weighted by molar-refractivity contribution is 0.515. The van der Waals surface area contributed by atoms with E-state index in [4.69, 9.17) is 0 Å². The van der Waals surface area contributed by atoms with Gasteiger partial charge in [0, 0.05) is 16.5 Å². The number of nitrogens with zero attached hydrogens (tertiary/aromatic N) is 1. The Balaban J connectivity index is 0.000000753. The number of aliphatic hydroxyl groups is 1. The summed E-state index contributed by atoms with van der Waals surface area (Å²) in [5.74, 6) is 0.262. The first-order valence-corrected chi connectivity index (χ1v) is 7.84. The number of fused-ring (bicyclic) bond motifs is 2. The van der Waals surface area contributed by atoms with E-state index in [1.54, 1.807) is 0 Å². The van der Waals surface area contributed by atoms with Crippen LogP contribution in [-0.2, 0) is 0 Å². The summed E-state index contributed by atoms with van der Waals surface area (Å²) in [5.41, 5.74) is 5.02. The molecule has 114 valence electrons. The molecule has 0 fully saturated rings. The van der Waals surface area contributed by atoms with E-state index in [1.165, 1.54) is 0 Å². The minimum absolute atomic E-state index is 0.262. The van der Waals surface area contributed by atoms with Crippen LogP contribution in [0.3, 0.4) is 0 Å². The second kappa shape index (κ2) is 6.09. The summed E-state index contributed by atoms with van der Waals surface area (Å²) in [6.07, 6.45) is 0. The van der Waals surface area contributed by atoms with Gasteiger partial charge >= 0.3 is 0 Å². The van der Waals surface area contributed by atoms with Crippen LogP contribution in [-0.4, -0.2) is 10.1 Å². The zero-order chi connectivity index (χ0) is 16.4. The second-order valence-corrected chi connectivity index (χ2v) is 5.14. The van der Waals surface area contributed by atoms with Crippen LogP contribution < -0.4 is 0 Å². The average Bonchev–Trinajstić information content (AvgIpc) is 2.88. The monoisotopic (exact) mass is 301 g/mol. The summed E-state index contributed by atoms with van der Waals surface area (Å²) in [6.45, 7) is 8.13. The molecule has 3 aromatic rings. The van der Waals surface area contributed by atoms with Crippen molar-refractivity contribution in [1.29, 1.82) is 0 Å². The van der Waals surface area contributed by atoms with Gasteiger partial charge in [-0.25, -0.2) is 4.98 Å². The number of allylic oxidation sites excluding steroid dienone is 2. The van der Waals surface area contributed by atoms with Crippen molar-refractivity contribution in [2.75, 3.05) is 0 Å². The first-order chi connectivity index (χ1) is 11.3. The van der Waals surface area contributed by atoms with E-state index >= 15 is 0 Å². The fourth-order valence-electron chi connectivity index (χ4n) is 2.85. The van der Waals surface area contributed by atoms with Gasteiger partial charge < -0.3 is 5.11 Å². The highest BCUT2D eigenvalue weighted by Gasteiger charge is 2.26. The number of aromatic nitrogens is 1. The molecule has 2 heteroatoms. The van der Waals surface area contributed by atoms with E-state index in [0.717, 1.165) is 38.9 Å². The van der Waals surface area contributed by atoms with E-state index in [-0.39, 0.29) is 5.76 Å². The van der Waals surface area contributed by atoms with Crippen molar-refractivity contribution >= 4 is 27.8 Å². The van der Waals surface area contributed by atoms with Crippen molar-refractivity contribution in [2.45, 2.75) is 13.8 Å². The molecule has 1 aliphatic rings. The first kappa shape index (κ1) is 15.0. The highest BCUT2D eigenvalue weighted by Crippen LogP contribution is 2.43. The molecule has 0 amide bonds. The highest BCUT2D eigenvalue weighted by molar-refractivity contribution is 6.18. The van der Waals surface area contributed by atoms with Crippen molar-refractivity contribution in [3.8, 4) is 0 Å². The van der Waals surface area contributed by atoms with Crippen molar-refractivity contribution in [3.05, 3.63) is 84.1 Å². The van der Waals surface area contributed by atoms with Gasteiger partial charge in [0.2, 0.25) is 0 Å². The third-order valence-corrected chi connectivity index (χ3v) is 3.90. The Labute approximate surface area is 136 Å². The lowest BCUT2D eigenvalue weighted by Crippen LogP contribution is -1.91. The van der Waals surface area contributed by atoms with Crippen LogP contribution in [0.1, 0.15) is 30.7 Å². The van der Waals surface area contributed by atoms with Gasteiger partial charge in [-0.05, 0) is 23.3 Å². The van der Waals surface area contributed by atoms with Crippen LogP contribution in [0, 0.1) is 0 Å². The molecule has 0 saturated heterocycles. The van der Waals surface area contributed by atoms with Crippen molar-refractivity contribution in [3.63, 3.8) is 0 Å². The molecule has 0 saturated carbocycles. The molecule has 4 rings (SSSR count). The molecule has 1 aromatic heterocycles. The number of rotatable bonds is 1. The molecule has 0 bridgehead atoms. The average molecular weight is 301 g/mol. The Kier molecular flexibility index (Phi) is 3.98. The third-order valence-electron chi connectivity index (χ3n) is 3.90. The van der Waals surface area contributed by atoms with E-state index in [9.17, 15) is 5.11 Å². The lowest BCUT2D eigenvalue weighted by Gasteiger charge is -2.06. The van der Waals surface area contributed by atoms with Crippen molar-refractivity contribution < 1.29 is 5.11 Å². The highest BCUT2D eigenvalue weighted by atomic mass is 16.3.